The van der Waals surface area contributed by atoms with Crippen LogP contribution in [0.4, 0.5) is 11.9 Å². The van der Waals surface area contributed by atoms with Gasteiger partial charge in [-0.1, -0.05) is 21.3 Å². The van der Waals surface area contributed by atoms with E-state index in [1.54, 1.807) is 25.5 Å². The minimum absolute atomic E-state index is 0.262. The van der Waals surface area contributed by atoms with Gasteiger partial charge >= 0.3 is 16.9 Å². The molecule has 0 radical (unpaired) electrons. The van der Waals surface area contributed by atoms with Crippen molar-refractivity contribution < 1.29 is 9.14 Å². The molecule has 6 nitrogen and oxygen atoms in total. The van der Waals surface area contributed by atoms with Crippen molar-refractivity contribution in [3.05, 3.63) is 18.2 Å². The Kier molecular flexibility index (Phi) is 2.41. The van der Waals surface area contributed by atoms with Gasteiger partial charge in [0.2, 0.25) is 0 Å². The van der Waals surface area contributed by atoms with E-state index in [-0.39, 0.29) is 5.95 Å². The summed E-state index contributed by atoms with van der Waals surface area (Å²) in [5.74, 6) is 1.76. The number of fused-ring (bicyclic) bond motifs is 3. The zero-order valence-corrected chi connectivity index (χ0v) is 10.8. The Balaban J connectivity index is 2.43. The summed E-state index contributed by atoms with van der Waals surface area (Å²) in [7, 11) is 3.46. The number of thiazole rings is 1. The Morgan fingerprint density at radius 3 is 2.94 bits per heavy atom. The van der Waals surface area contributed by atoms with Crippen LogP contribution in [-0.4, -0.2) is 24.1 Å². The van der Waals surface area contributed by atoms with Crippen LogP contribution in [0.2, 0.25) is 0 Å². The molecule has 0 aliphatic heterocycles. The van der Waals surface area contributed by atoms with Gasteiger partial charge < -0.3 is 10.5 Å². The first-order chi connectivity index (χ1) is 8.72. The molecule has 0 fully saturated rings. The number of hydrogen-bond acceptors (Lipinski definition) is 6. The number of nitrogens with two attached hydrogens (primary N) is 1. The predicted molar refractivity (Wildman–Crippen MR) is 71.1 cm³/mol. The topological polar surface area (TPSA) is 77.2 Å². The van der Waals surface area contributed by atoms with Gasteiger partial charge in [-0.15, -0.1) is 0 Å². The van der Waals surface area contributed by atoms with Crippen molar-refractivity contribution in [2.75, 3.05) is 25.2 Å². The second-order valence-corrected chi connectivity index (χ2v) is 4.72. The molecule has 1 aromatic carbocycles. The van der Waals surface area contributed by atoms with Crippen molar-refractivity contribution in [1.29, 1.82) is 0 Å². The van der Waals surface area contributed by atoms with Crippen molar-refractivity contribution in [1.82, 2.24) is 9.97 Å². The highest BCUT2D eigenvalue weighted by molar-refractivity contribution is 7.22. The SMILES string of the molecule is CNc1nc(N)nc2sc3cc(OC)ccc3[n+]12. The molecule has 0 atom stereocenters. The van der Waals surface area contributed by atoms with Crippen LogP contribution < -0.4 is 20.2 Å². The van der Waals surface area contributed by atoms with E-state index in [1.165, 1.54) is 0 Å². The highest BCUT2D eigenvalue weighted by atomic mass is 32.1. The van der Waals surface area contributed by atoms with Gasteiger partial charge in [0, 0.05) is 13.1 Å². The number of methoxy groups -OCH3 is 1. The van der Waals surface area contributed by atoms with Gasteiger partial charge in [0.25, 0.3) is 0 Å². The lowest BCUT2D eigenvalue weighted by Gasteiger charge is -1.99. The number of rotatable bonds is 2. The molecule has 0 saturated carbocycles. The fraction of sp³-hybridized carbons (Fsp3) is 0.182. The van der Waals surface area contributed by atoms with Crippen molar-refractivity contribution in [3.8, 4) is 5.75 Å². The monoisotopic (exact) mass is 262 g/mol. The Bertz CT molecular complexity index is 739. The Labute approximate surface area is 107 Å². The molecule has 2 aromatic heterocycles. The number of benzene rings is 1. The first-order valence-electron chi connectivity index (χ1n) is 5.36. The van der Waals surface area contributed by atoms with Gasteiger partial charge in [0.1, 0.15) is 11.3 Å². The van der Waals surface area contributed by atoms with Crippen LogP contribution in [0.15, 0.2) is 18.2 Å². The van der Waals surface area contributed by atoms with Crippen molar-refractivity contribution in [2.24, 2.45) is 0 Å². The third-order valence-electron chi connectivity index (χ3n) is 2.67. The Hall–Kier alpha value is -2.15. The van der Waals surface area contributed by atoms with E-state index in [1.807, 2.05) is 22.6 Å². The summed E-state index contributed by atoms with van der Waals surface area (Å²) >= 11 is 1.55. The Morgan fingerprint density at radius 1 is 1.39 bits per heavy atom. The van der Waals surface area contributed by atoms with E-state index in [9.17, 15) is 0 Å². The maximum atomic E-state index is 5.68. The van der Waals surface area contributed by atoms with E-state index < -0.39 is 0 Å². The van der Waals surface area contributed by atoms with Crippen LogP contribution in [0.25, 0.3) is 15.2 Å². The summed E-state index contributed by atoms with van der Waals surface area (Å²) in [6, 6.07) is 5.87. The van der Waals surface area contributed by atoms with E-state index in [0.29, 0.717) is 5.95 Å². The average Bonchev–Trinajstić information content (AvgIpc) is 2.74. The van der Waals surface area contributed by atoms with Crippen LogP contribution in [0.5, 0.6) is 5.75 Å². The zero-order chi connectivity index (χ0) is 12.7. The fourth-order valence-corrected chi connectivity index (χ4v) is 2.91. The number of anilines is 2. The number of nitrogens with one attached hydrogen (secondary N) is 1. The average molecular weight is 262 g/mol. The largest absolute Gasteiger partial charge is 0.497 e. The molecule has 0 saturated heterocycles. The molecule has 0 spiro atoms. The molecule has 3 aromatic rings. The first-order valence-corrected chi connectivity index (χ1v) is 6.18. The standard InChI is InChI=1S/C11H11N5OS/c1-13-10-14-9(12)15-11-16(10)7-4-3-6(17-2)5-8(7)18-11/h3-5H,1-2H3,(H2,12,13,14)/p+1. The van der Waals surface area contributed by atoms with Crippen molar-refractivity contribution in [3.63, 3.8) is 0 Å². The van der Waals surface area contributed by atoms with Crippen LogP contribution in [0.1, 0.15) is 0 Å². The third kappa shape index (κ3) is 1.52. The molecular weight excluding hydrogens is 250 g/mol. The zero-order valence-electron chi connectivity index (χ0n) is 9.97. The third-order valence-corrected chi connectivity index (χ3v) is 3.67. The number of hydrogen-bond donors (Lipinski definition) is 2. The van der Waals surface area contributed by atoms with Crippen LogP contribution in [0, 0.1) is 0 Å². The van der Waals surface area contributed by atoms with E-state index in [4.69, 9.17) is 10.5 Å². The maximum absolute atomic E-state index is 5.68. The molecule has 92 valence electrons. The smallest absolute Gasteiger partial charge is 0.357 e. The molecule has 0 aliphatic carbocycles. The van der Waals surface area contributed by atoms with E-state index >= 15 is 0 Å². The minimum Gasteiger partial charge on any atom is -0.497 e. The summed E-state index contributed by atoms with van der Waals surface area (Å²) in [6.45, 7) is 0. The van der Waals surface area contributed by atoms with Crippen LogP contribution >= 0.6 is 11.3 Å². The molecular formula is C11H12N5OS+. The lowest BCUT2D eigenvalue weighted by molar-refractivity contribution is -0.467. The molecule has 0 amide bonds. The van der Waals surface area contributed by atoms with Gasteiger partial charge in [-0.2, -0.15) is 4.40 Å². The molecule has 18 heavy (non-hydrogen) atoms. The van der Waals surface area contributed by atoms with Crippen molar-refractivity contribution >= 4 is 38.4 Å². The van der Waals surface area contributed by atoms with Gasteiger partial charge in [-0.3, -0.25) is 5.32 Å². The number of nitrogens with zero attached hydrogens (tertiary/aromatic N) is 3. The molecule has 0 aliphatic rings. The lowest BCUT2D eigenvalue weighted by atomic mass is 10.3. The van der Waals surface area contributed by atoms with Gasteiger partial charge in [0.15, 0.2) is 0 Å². The second-order valence-electron chi connectivity index (χ2n) is 3.71. The first kappa shape index (κ1) is 11.0. The summed E-state index contributed by atoms with van der Waals surface area (Å²) in [5.41, 5.74) is 6.71. The van der Waals surface area contributed by atoms with Crippen molar-refractivity contribution in [2.45, 2.75) is 0 Å². The predicted octanol–water partition coefficient (Wildman–Crippen LogP) is 1.06. The Morgan fingerprint density at radius 2 is 2.22 bits per heavy atom. The molecule has 3 N–H and O–H groups in total. The van der Waals surface area contributed by atoms with Gasteiger partial charge in [0.05, 0.1) is 11.8 Å². The van der Waals surface area contributed by atoms with E-state index in [2.05, 4.69) is 15.3 Å². The molecule has 2 heterocycles. The number of ether oxygens (including phenoxy) is 1. The highest BCUT2D eigenvalue weighted by Crippen LogP contribution is 2.25. The lowest BCUT2D eigenvalue weighted by Crippen LogP contribution is -2.27. The number of aromatic nitrogens is 3. The molecule has 0 unspecified atom stereocenters. The van der Waals surface area contributed by atoms with E-state index in [0.717, 1.165) is 20.9 Å². The quantitative estimate of drug-likeness (QED) is 0.675. The maximum Gasteiger partial charge on any atom is 0.357 e. The second kappa shape index (κ2) is 3.95. The molecule has 7 heteroatoms. The highest BCUT2D eigenvalue weighted by Gasteiger charge is 2.18. The molecule has 3 rings (SSSR count). The minimum atomic E-state index is 0.262. The summed E-state index contributed by atoms with van der Waals surface area (Å²) in [4.78, 5) is 9.22. The van der Waals surface area contributed by atoms with Gasteiger partial charge in [-0.05, 0) is 12.1 Å². The van der Waals surface area contributed by atoms with Crippen LogP contribution in [0.3, 0.4) is 0 Å². The molecule has 0 bridgehead atoms. The number of nitrogen functional groups attached to an aromatic ring is 1. The summed E-state index contributed by atoms with van der Waals surface area (Å²) in [5, 5.41) is 3.02. The van der Waals surface area contributed by atoms with Crippen LogP contribution in [-0.2, 0) is 0 Å². The normalized spacial score (nSPS) is 11.0. The van der Waals surface area contributed by atoms with Gasteiger partial charge in [-0.25, -0.2) is 0 Å². The fourth-order valence-electron chi connectivity index (χ4n) is 1.86. The summed E-state index contributed by atoms with van der Waals surface area (Å²) < 4.78 is 8.23. The summed E-state index contributed by atoms with van der Waals surface area (Å²) in [6.07, 6.45) is 0.